The minimum absolute atomic E-state index is 0.159. The molecule has 0 unspecified atom stereocenters. The van der Waals surface area contributed by atoms with E-state index in [9.17, 15) is 9.59 Å². The van der Waals surface area contributed by atoms with Crippen LogP contribution in [-0.4, -0.2) is 11.8 Å². The van der Waals surface area contributed by atoms with Crippen LogP contribution in [0.15, 0.2) is 59.0 Å². The number of hydrogen-bond acceptors (Lipinski definition) is 3. The SMILES string of the molecule is Cc1cc(NC(=O)c2ccc(-c3ccccc3Cl)o2)ccc1C(N)=O. The Kier molecular flexibility index (Phi) is 4.59. The predicted molar refractivity (Wildman–Crippen MR) is 96.8 cm³/mol. The summed E-state index contributed by atoms with van der Waals surface area (Å²) in [7, 11) is 0. The topological polar surface area (TPSA) is 85.3 Å². The first-order valence-electron chi connectivity index (χ1n) is 7.52. The van der Waals surface area contributed by atoms with Gasteiger partial charge in [0.05, 0.1) is 5.02 Å². The van der Waals surface area contributed by atoms with Crippen LogP contribution in [-0.2, 0) is 0 Å². The van der Waals surface area contributed by atoms with E-state index in [1.165, 1.54) is 0 Å². The third-order valence-electron chi connectivity index (χ3n) is 3.72. The predicted octanol–water partition coefficient (Wildman–Crippen LogP) is 4.26. The van der Waals surface area contributed by atoms with E-state index >= 15 is 0 Å². The number of furan rings is 1. The summed E-state index contributed by atoms with van der Waals surface area (Å²) < 4.78 is 5.61. The van der Waals surface area contributed by atoms with E-state index in [0.717, 1.165) is 0 Å². The molecule has 1 heterocycles. The number of benzene rings is 2. The maximum atomic E-state index is 12.3. The van der Waals surface area contributed by atoms with Crippen molar-refractivity contribution in [1.29, 1.82) is 0 Å². The number of anilines is 1. The Labute approximate surface area is 149 Å². The Morgan fingerprint density at radius 3 is 2.52 bits per heavy atom. The van der Waals surface area contributed by atoms with Crippen LogP contribution >= 0.6 is 11.6 Å². The van der Waals surface area contributed by atoms with Crippen molar-refractivity contribution >= 4 is 29.1 Å². The van der Waals surface area contributed by atoms with Crippen molar-refractivity contribution in [3.63, 3.8) is 0 Å². The lowest BCUT2D eigenvalue weighted by atomic mass is 10.1. The zero-order chi connectivity index (χ0) is 18.0. The van der Waals surface area contributed by atoms with Crippen LogP contribution in [0.5, 0.6) is 0 Å². The zero-order valence-electron chi connectivity index (χ0n) is 13.4. The normalized spacial score (nSPS) is 10.5. The molecule has 0 saturated carbocycles. The standard InChI is InChI=1S/C19H15ClN2O3/c1-11-10-12(6-7-13(11)18(21)23)22-19(24)17-9-8-16(25-17)14-4-2-3-5-15(14)20/h2-10H,1H3,(H2,21,23)(H,22,24). The first kappa shape index (κ1) is 16.8. The van der Waals surface area contributed by atoms with E-state index in [4.69, 9.17) is 21.8 Å². The van der Waals surface area contributed by atoms with Gasteiger partial charge in [-0.05, 0) is 55.0 Å². The summed E-state index contributed by atoms with van der Waals surface area (Å²) in [5.41, 5.74) is 7.63. The molecule has 0 spiro atoms. The van der Waals surface area contributed by atoms with Gasteiger partial charge in [-0.25, -0.2) is 0 Å². The summed E-state index contributed by atoms with van der Waals surface area (Å²) in [4.78, 5) is 23.6. The van der Waals surface area contributed by atoms with Gasteiger partial charge in [-0.3, -0.25) is 9.59 Å². The van der Waals surface area contributed by atoms with Gasteiger partial charge in [0.15, 0.2) is 5.76 Å². The monoisotopic (exact) mass is 354 g/mol. The average Bonchev–Trinajstić information content (AvgIpc) is 3.05. The molecule has 3 aromatic rings. The fourth-order valence-corrected chi connectivity index (χ4v) is 2.71. The van der Waals surface area contributed by atoms with Crippen LogP contribution in [0.3, 0.4) is 0 Å². The van der Waals surface area contributed by atoms with Gasteiger partial charge in [-0.1, -0.05) is 23.7 Å². The van der Waals surface area contributed by atoms with E-state index < -0.39 is 11.8 Å². The first-order valence-corrected chi connectivity index (χ1v) is 7.90. The Balaban J connectivity index is 1.80. The lowest BCUT2D eigenvalue weighted by Gasteiger charge is -2.07. The van der Waals surface area contributed by atoms with E-state index in [0.29, 0.717) is 33.2 Å². The Hall–Kier alpha value is -3.05. The fourth-order valence-electron chi connectivity index (χ4n) is 2.48. The molecule has 1 aromatic heterocycles. The molecular formula is C19H15ClN2O3. The highest BCUT2D eigenvalue weighted by Gasteiger charge is 2.14. The molecule has 0 radical (unpaired) electrons. The molecular weight excluding hydrogens is 340 g/mol. The maximum absolute atomic E-state index is 12.3. The lowest BCUT2D eigenvalue weighted by Crippen LogP contribution is -2.14. The molecule has 0 aliphatic carbocycles. The van der Waals surface area contributed by atoms with Gasteiger partial charge in [0.1, 0.15) is 5.76 Å². The summed E-state index contributed by atoms with van der Waals surface area (Å²) in [5.74, 6) is -0.238. The molecule has 6 heteroatoms. The Morgan fingerprint density at radius 1 is 1.08 bits per heavy atom. The minimum atomic E-state index is -0.509. The van der Waals surface area contributed by atoms with Gasteiger partial charge in [0, 0.05) is 16.8 Å². The van der Waals surface area contributed by atoms with Crippen molar-refractivity contribution in [1.82, 2.24) is 0 Å². The third kappa shape index (κ3) is 3.56. The van der Waals surface area contributed by atoms with E-state index in [1.807, 2.05) is 18.2 Å². The Morgan fingerprint density at radius 2 is 1.84 bits per heavy atom. The van der Waals surface area contributed by atoms with Crippen LogP contribution in [0.2, 0.25) is 5.02 Å². The van der Waals surface area contributed by atoms with E-state index in [2.05, 4.69) is 5.32 Å². The molecule has 0 aliphatic heterocycles. The second-order valence-electron chi connectivity index (χ2n) is 5.49. The molecule has 0 fully saturated rings. The van der Waals surface area contributed by atoms with Gasteiger partial charge in [-0.2, -0.15) is 0 Å². The number of halogens is 1. The highest BCUT2D eigenvalue weighted by molar-refractivity contribution is 6.33. The van der Waals surface area contributed by atoms with E-state index in [1.54, 1.807) is 43.3 Å². The van der Waals surface area contributed by atoms with Crippen LogP contribution in [0.4, 0.5) is 5.69 Å². The van der Waals surface area contributed by atoms with Gasteiger partial charge >= 0.3 is 0 Å². The number of rotatable bonds is 4. The van der Waals surface area contributed by atoms with Crippen molar-refractivity contribution in [3.05, 3.63) is 76.5 Å². The van der Waals surface area contributed by atoms with Crippen LogP contribution in [0, 0.1) is 6.92 Å². The van der Waals surface area contributed by atoms with Crippen LogP contribution in [0.25, 0.3) is 11.3 Å². The van der Waals surface area contributed by atoms with Crippen molar-refractivity contribution in [2.24, 2.45) is 5.73 Å². The summed E-state index contributed by atoms with van der Waals surface area (Å²) in [5, 5.41) is 3.27. The molecule has 0 bridgehead atoms. The van der Waals surface area contributed by atoms with Gasteiger partial charge in [0.2, 0.25) is 5.91 Å². The quantitative estimate of drug-likeness (QED) is 0.734. The minimum Gasteiger partial charge on any atom is -0.451 e. The zero-order valence-corrected chi connectivity index (χ0v) is 14.1. The number of carbonyl (C=O) groups is 2. The smallest absolute Gasteiger partial charge is 0.291 e. The van der Waals surface area contributed by atoms with Gasteiger partial charge in [0.25, 0.3) is 5.91 Å². The van der Waals surface area contributed by atoms with Crippen LogP contribution < -0.4 is 11.1 Å². The third-order valence-corrected chi connectivity index (χ3v) is 4.05. The molecule has 5 nitrogen and oxygen atoms in total. The Bertz CT molecular complexity index is 963. The first-order chi connectivity index (χ1) is 12.0. The number of hydrogen-bond donors (Lipinski definition) is 2. The molecule has 0 aliphatic rings. The van der Waals surface area contributed by atoms with Crippen molar-refractivity contribution in [2.75, 3.05) is 5.32 Å². The second-order valence-corrected chi connectivity index (χ2v) is 5.90. The second kappa shape index (κ2) is 6.83. The number of nitrogens with one attached hydrogen (secondary N) is 1. The van der Waals surface area contributed by atoms with Gasteiger partial charge in [-0.15, -0.1) is 0 Å². The number of amides is 2. The van der Waals surface area contributed by atoms with Gasteiger partial charge < -0.3 is 15.5 Å². The number of nitrogens with two attached hydrogens (primary N) is 1. The number of carbonyl (C=O) groups excluding carboxylic acids is 2. The molecule has 2 aromatic carbocycles. The van der Waals surface area contributed by atoms with Crippen LogP contribution in [0.1, 0.15) is 26.5 Å². The summed E-state index contributed by atoms with van der Waals surface area (Å²) in [6.07, 6.45) is 0. The average molecular weight is 355 g/mol. The van der Waals surface area contributed by atoms with Crippen molar-refractivity contribution < 1.29 is 14.0 Å². The highest BCUT2D eigenvalue weighted by atomic mass is 35.5. The molecule has 0 saturated heterocycles. The van der Waals surface area contributed by atoms with Crippen molar-refractivity contribution in [3.8, 4) is 11.3 Å². The molecule has 2 amide bonds. The lowest BCUT2D eigenvalue weighted by molar-refractivity contribution is 0.0992. The van der Waals surface area contributed by atoms with E-state index in [-0.39, 0.29) is 5.76 Å². The molecule has 3 rings (SSSR count). The molecule has 126 valence electrons. The fraction of sp³-hybridized carbons (Fsp3) is 0.0526. The van der Waals surface area contributed by atoms with Crippen molar-refractivity contribution in [2.45, 2.75) is 6.92 Å². The number of primary amides is 1. The largest absolute Gasteiger partial charge is 0.451 e. The molecule has 25 heavy (non-hydrogen) atoms. The summed E-state index contributed by atoms with van der Waals surface area (Å²) in [6, 6.07) is 15.4. The summed E-state index contributed by atoms with van der Waals surface area (Å²) >= 11 is 6.14. The maximum Gasteiger partial charge on any atom is 0.291 e. The summed E-state index contributed by atoms with van der Waals surface area (Å²) in [6.45, 7) is 1.75. The molecule has 3 N–H and O–H groups in total. The number of aryl methyl sites for hydroxylation is 1. The molecule has 0 atom stereocenters. The highest BCUT2D eigenvalue weighted by Crippen LogP contribution is 2.29.